The lowest BCUT2D eigenvalue weighted by Crippen LogP contribution is -2.25. The summed E-state index contributed by atoms with van der Waals surface area (Å²) in [5.74, 6) is 0.346. The monoisotopic (exact) mass is 386 g/mol. The van der Waals surface area contributed by atoms with Gasteiger partial charge in [-0.05, 0) is 55.3 Å². The number of amidine groups is 1. The SMILES string of the molecule is Cc1ccc(-c2csc(C3=C(O)CN(c4ccc(C#N)cc4)C3=N)n2)cc1C. The molecule has 4 rings (SSSR count). The Hall–Kier alpha value is -3.43. The zero-order valence-electron chi connectivity index (χ0n) is 15.5. The normalized spacial score (nSPS) is 13.9. The maximum Gasteiger partial charge on any atom is 0.139 e. The first-order chi connectivity index (χ1) is 13.5. The van der Waals surface area contributed by atoms with Crippen molar-refractivity contribution in [2.24, 2.45) is 0 Å². The highest BCUT2D eigenvalue weighted by Gasteiger charge is 2.31. The Morgan fingerprint density at radius 2 is 1.89 bits per heavy atom. The summed E-state index contributed by atoms with van der Waals surface area (Å²) in [6.07, 6.45) is 0. The van der Waals surface area contributed by atoms with E-state index in [0.717, 1.165) is 16.9 Å². The molecule has 0 unspecified atom stereocenters. The lowest BCUT2D eigenvalue weighted by Gasteiger charge is -2.18. The smallest absolute Gasteiger partial charge is 0.139 e. The first kappa shape index (κ1) is 18.0. The number of anilines is 1. The molecular formula is C22H18N4OS. The third-order valence-electron chi connectivity index (χ3n) is 4.93. The van der Waals surface area contributed by atoms with E-state index in [1.807, 2.05) is 11.4 Å². The van der Waals surface area contributed by atoms with Crippen molar-refractivity contribution < 1.29 is 5.11 Å². The van der Waals surface area contributed by atoms with Gasteiger partial charge < -0.3 is 10.0 Å². The van der Waals surface area contributed by atoms with E-state index in [1.165, 1.54) is 22.5 Å². The van der Waals surface area contributed by atoms with Gasteiger partial charge >= 0.3 is 0 Å². The zero-order valence-corrected chi connectivity index (χ0v) is 16.3. The number of nitrogens with zero attached hydrogens (tertiary/aromatic N) is 3. The number of aromatic nitrogens is 1. The number of aliphatic hydroxyl groups is 1. The molecule has 138 valence electrons. The Bertz CT molecular complexity index is 1150. The molecule has 0 aliphatic carbocycles. The summed E-state index contributed by atoms with van der Waals surface area (Å²) < 4.78 is 0. The standard InChI is InChI=1S/C22H18N4OS/c1-13-3-6-16(9-14(13)2)18-12-28-22(25-18)20-19(27)11-26(21(20)24)17-7-4-15(10-23)5-8-17/h3-9,12,24,27H,11H2,1-2H3. The van der Waals surface area contributed by atoms with Crippen LogP contribution in [0.5, 0.6) is 0 Å². The van der Waals surface area contributed by atoms with Gasteiger partial charge in [0, 0.05) is 16.6 Å². The van der Waals surface area contributed by atoms with Gasteiger partial charge in [-0.25, -0.2) is 4.98 Å². The van der Waals surface area contributed by atoms with Crippen LogP contribution in [0.4, 0.5) is 5.69 Å². The molecule has 0 bridgehead atoms. The molecule has 1 aliphatic heterocycles. The molecule has 0 saturated heterocycles. The molecule has 0 fully saturated rings. The minimum Gasteiger partial charge on any atom is -0.510 e. The fourth-order valence-corrected chi connectivity index (χ4v) is 4.06. The number of hydrogen-bond donors (Lipinski definition) is 2. The molecule has 0 saturated carbocycles. The quantitative estimate of drug-likeness (QED) is 0.658. The Morgan fingerprint density at radius 3 is 2.57 bits per heavy atom. The summed E-state index contributed by atoms with van der Waals surface area (Å²) in [7, 11) is 0. The van der Waals surface area contributed by atoms with Gasteiger partial charge in [-0.3, -0.25) is 5.41 Å². The largest absolute Gasteiger partial charge is 0.510 e. The molecule has 2 aromatic carbocycles. The summed E-state index contributed by atoms with van der Waals surface area (Å²) in [6.45, 7) is 4.37. The Balaban J connectivity index is 1.63. The van der Waals surface area contributed by atoms with Crippen LogP contribution in [0.3, 0.4) is 0 Å². The van der Waals surface area contributed by atoms with E-state index in [-0.39, 0.29) is 18.1 Å². The maximum atomic E-state index is 10.5. The number of benzene rings is 2. The van der Waals surface area contributed by atoms with Gasteiger partial charge in [-0.2, -0.15) is 5.26 Å². The van der Waals surface area contributed by atoms with E-state index in [4.69, 9.17) is 10.7 Å². The predicted molar refractivity (Wildman–Crippen MR) is 113 cm³/mol. The highest BCUT2D eigenvalue weighted by Crippen LogP contribution is 2.34. The number of thiazole rings is 1. The number of nitrogens with one attached hydrogen (secondary N) is 1. The van der Waals surface area contributed by atoms with Gasteiger partial charge in [-0.15, -0.1) is 11.3 Å². The number of aliphatic hydroxyl groups excluding tert-OH is 1. The molecule has 0 radical (unpaired) electrons. The van der Waals surface area contributed by atoms with Crippen molar-refractivity contribution in [2.75, 3.05) is 11.4 Å². The van der Waals surface area contributed by atoms with Gasteiger partial charge in [0.05, 0.1) is 29.4 Å². The number of rotatable bonds is 3. The van der Waals surface area contributed by atoms with Crippen molar-refractivity contribution in [2.45, 2.75) is 13.8 Å². The van der Waals surface area contributed by atoms with Gasteiger partial charge in [-0.1, -0.05) is 12.1 Å². The summed E-state index contributed by atoms with van der Waals surface area (Å²) in [5.41, 5.74) is 6.09. The lowest BCUT2D eigenvalue weighted by atomic mass is 10.1. The minimum absolute atomic E-state index is 0.135. The molecule has 1 aliphatic rings. The third-order valence-corrected chi connectivity index (χ3v) is 5.79. The first-order valence-electron chi connectivity index (χ1n) is 8.80. The summed E-state index contributed by atoms with van der Waals surface area (Å²) in [4.78, 5) is 6.39. The van der Waals surface area contributed by atoms with Crippen LogP contribution in [-0.4, -0.2) is 22.5 Å². The van der Waals surface area contributed by atoms with Crippen molar-refractivity contribution in [1.29, 1.82) is 10.7 Å². The average Bonchev–Trinajstić information content (AvgIpc) is 3.28. The van der Waals surface area contributed by atoms with Crippen LogP contribution in [0, 0.1) is 30.6 Å². The van der Waals surface area contributed by atoms with E-state index in [9.17, 15) is 5.11 Å². The highest BCUT2D eigenvalue weighted by atomic mass is 32.1. The van der Waals surface area contributed by atoms with Gasteiger partial charge in [0.1, 0.15) is 16.6 Å². The van der Waals surface area contributed by atoms with Crippen LogP contribution in [-0.2, 0) is 0 Å². The molecule has 2 N–H and O–H groups in total. The summed E-state index contributed by atoms with van der Waals surface area (Å²) >= 11 is 1.42. The second kappa shape index (κ2) is 6.95. The van der Waals surface area contributed by atoms with Crippen molar-refractivity contribution >= 4 is 28.4 Å². The number of nitriles is 1. The van der Waals surface area contributed by atoms with Gasteiger partial charge in [0.15, 0.2) is 0 Å². The second-order valence-corrected chi connectivity index (χ2v) is 7.61. The topological polar surface area (TPSA) is 84.0 Å². The minimum atomic E-state index is 0.135. The first-order valence-corrected chi connectivity index (χ1v) is 9.68. The Labute approximate surface area is 167 Å². The van der Waals surface area contributed by atoms with Crippen LogP contribution < -0.4 is 4.90 Å². The van der Waals surface area contributed by atoms with Gasteiger partial charge in [0.25, 0.3) is 0 Å². The number of hydrogen-bond acceptors (Lipinski definition) is 5. The Morgan fingerprint density at radius 1 is 1.14 bits per heavy atom. The fraction of sp³-hybridized carbons (Fsp3) is 0.136. The second-order valence-electron chi connectivity index (χ2n) is 6.75. The third kappa shape index (κ3) is 3.06. The Kier molecular flexibility index (Phi) is 4.46. The lowest BCUT2D eigenvalue weighted by molar-refractivity contribution is 0.411. The fourth-order valence-electron chi connectivity index (χ4n) is 3.16. The summed E-state index contributed by atoms with van der Waals surface area (Å²) in [6, 6.07) is 15.3. The molecule has 3 aromatic rings. The van der Waals surface area contributed by atoms with Crippen LogP contribution in [0.1, 0.15) is 21.7 Å². The molecule has 0 atom stereocenters. The molecule has 2 heterocycles. The van der Waals surface area contributed by atoms with E-state index in [0.29, 0.717) is 16.1 Å². The molecule has 1 aromatic heterocycles. The van der Waals surface area contributed by atoms with Gasteiger partial charge in [0.2, 0.25) is 0 Å². The van der Waals surface area contributed by atoms with Crippen molar-refractivity contribution in [1.82, 2.24) is 4.98 Å². The van der Waals surface area contributed by atoms with Crippen LogP contribution in [0.15, 0.2) is 53.6 Å². The molecule has 28 heavy (non-hydrogen) atoms. The van der Waals surface area contributed by atoms with Crippen molar-refractivity contribution in [3.63, 3.8) is 0 Å². The van der Waals surface area contributed by atoms with E-state index < -0.39 is 0 Å². The van der Waals surface area contributed by atoms with Crippen LogP contribution in [0.2, 0.25) is 0 Å². The maximum absolute atomic E-state index is 10.5. The predicted octanol–water partition coefficient (Wildman–Crippen LogP) is 5.07. The highest BCUT2D eigenvalue weighted by molar-refractivity contribution is 7.11. The van der Waals surface area contributed by atoms with E-state index in [1.54, 1.807) is 29.2 Å². The van der Waals surface area contributed by atoms with Crippen molar-refractivity contribution in [3.8, 4) is 17.3 Å². The molecule has 6 heteroatoms. The average molecular weight is 386 g/mol. The van der Waals surface area contributed by atoms with Crippen LogP contribution >= 0.6 is 11.3 Å². The van der Waals surface area contributed by atoms with Crippen LogP contribution in [0.25, 0.3) is 16.8 Å². The van der Waals surface area contributed by atoms with E-state index >= 15 is 0 Å². The van der Waals surface area contributed by atoms with E-state index in [2.05, 4.69) is 37.0 Å². The molecule has 5 nitrogen and oxygen atoms in total. The zero-order chi connectivity index (χ0) is 19.8. The number of aryl methyl sites for hydroxylation is 2. The van der Waals surface area contributed by atoms with Crippen molar-refractivity contribution in [3.05, 3.63) is 75.3 Å². The molecule has 0 amide bonds. The molecule has 0 spiro atoms. The molecular weight excluding hydrogens is 368 g/mol. The summed E-state index contributed by atoms with van der Waals surface area (Å²) in [5, 5.41) is 30.6.